The number of carbonyl (C=O) groups excluding carboxylic acids is 2. The van der Waals surface area contributed by atoms with E-state index in [2.05, 4.69) is 10.0 Å². The van der Waals surface area contributed by atoms with Crippen LogP contribution in [-0.4, -0.2) is 31.7 Å². The molecule has 0 spiro atoms. The van der Waals surface area contributed by atoms with Crippen LogP contribution in [0.3, 0.4) is 0 Å². The molecule has 33 heavy (non-hydrogen) atoms. The van der Waals surface area contributed by atoms with Crippen LogP contribution in [0.15, 0.2) is 76.2 Å². The van der Waals surface area contributed by atoms with Crippen LogP contribution in [0.2, 0.25) is 0 Å². The third-order valence-corrected chi connectivity index (χ3v) is 6.95. The molecule has 1 aliphatic rings. The van der Waals surface area contributed by atoms with Gasteiger partial charge >= 0.3 is 0 Å². The van der Waals surface area contributed by atoms with Crippen molar-refractivity contribution in [2.75, 3.05) is 11.9 Å². The number of benzene rings is 2. The third-order valence-electron chi connectivity index (χ3n) is 5.53. The molecule has 0 bridgehead atoms. The average molecular weight is 468 g/mol. The van der Waals surface area contributed by atoms with E-state index in [1.807, 2.05) is 31.2 Å². The topological polar surface area (TPSA) is 109 Å². The quantitative estimate of drug-likeness (QED) is 0.529. The van der Waals surface area contributed by atoms with Crippen molar-refractivity contribution in [3.8, 4) is 0 Å². The Morgan fingerprint density at radius 2 is 1.82 bits per heavy atom. The molecule has 0 radical (unpaired) electrons. The summed E-state index contributed by atoms with van der Waals surface area (Å²) in [4.78, 5) is 26.8. The first kappa shape index (κ1) is 22.8. The highest BCUT2D eigenvalue weighted by Crippen LogP contribution is 2.23. The number of anilines is 1. The average Bonchev–Trinajstić information content (AvgIpc) is 3.44. The minimum Gasteiger partial charge on any atom is -0.468 e. The molecule has 8 nitrogen and oxygen atoms in total. The highest BCUT2D eigenvalue weighted by Gasteiger charge is 2.34. The van der Waals surface area contributed by atoms with Gasteiger partial charge in [-0.3, -0.25) is 9.59 Å². The van der Waals surface area contributed by atoms with Gasteiger partial charge in [-0.05, 0) is 48.9 Å². The summed E-state index contributed by atoms with van der Waals surface area (Å²) in [6, 6.07) is 17.2. The van der Waals surface area contributed by atoms with Crippen molar-refractivity contribution in [1.82, 2.24) is 9.62 Å². The van der Waals surface area contributed by atoms with E-state index in [0.717, 1.165) is 11.1 Å². The molecule has 1 fully saturated rings. The minimum absolute atomic E-state index is 0.0443. The predicted molar refractivity (Wildman–Crippen MR) is 123 cm³/mol. The van der Waals surface area contributed by atoms with E-state index in [9.17, 15) is 18.0 Å². The second-order valence-corrected chi connectivity index (χ2v) is 9.85. The molecule has 2 amide bonds. The predicted octanol–water partition coefficient (Wildman–Crippen LogP) is 3.05. The van der Waals surface area contributed by atoms with E-state index < -0.39 is 15.9 Å². The van der Waals surface area contributed by atoms with E-state index >= 15 is 0 Å². The van der Waals surface area contributed by atoms with Crippen LogP contribution in [0.25, 0.3) is 0 Å². The lowest BCUT2D eigenvalue weighted by Crippen LogP contribution is -2.28. The Morgan fingerprint density at radius 1 is 1.09 bits per heavy atom. The Labute approximate surface area is 192 Å². The van der Waals surface area contributed by atoms with Gasteiger partial charge in [-0.25, -0.2) is 13.1 Å². The molecule has 172 valence electrons. The molecule has 0 saturated carbocycles. The van der Waals surface area contributed by atoms with Gasteiger partial charge in [0.25, 0.3) is 0 Å². The standard InChI is InChI=1S/C24H25N3O5S/c1-17-4-6-18(7-5-17)15-27-16-19(13-23(27)28)24(29)26-20-8-10-22(11-9-20)33(30,31)25-14-21-3-2-12-32-21/h2-12,19,25H,13-16H2,1H3,(H,26,29)/t19-/m1/s1. The van der Waals surface area contributed by atoms with E-state index in [-0.39, 0.29) is 29.7 Å². The summed E-state index contributed by atoms with van der Waals surface area (Å²) < 4.78 is 32.4. The number of nitrogens with zero attached hydrogens (tertiary/aromatic N) is 1. The van der Waals surface area contributed by atoms with Crippen molar-refractivity contribution in [2.45, 2.75) is 31.3 Å². The fraction of sp³-hybridized carbons (Fsp3) is 0.250. The molecule has 1 aliphatic heterocycles. The summed E-state index contributed by atoms with van der Waals surface area (Å²) in [7, 11) is -3.72. The Hall–Kier alpha value is -3.43. The van der Waals surface area contributed by atoms with E-state index in [4.69, 9.17) is 4.42 Å². The molecule has 2 aromatic carbocycles. The largest absolute Gasteiger partial charge is 0.468 e. The molecular formula is C24H25N3O5S. The zero-order valence-electron chi connectivity index (χ0n) is 18.2. The number of rotatable bonds is 8. The van der Waals surface area contributed by atoms with Gasteiger partial charge in [-0.15, -0.1) is 0 Å². The van der Waals surface area contributed by atoms with Crippen LogP contribution in [0.1, 0.15) is 23.3 Å². The number of nitrogens with one attached hydrogen (secondary N) is 2. The number of hydrogen-bond donors (Lipinski definition) is 2. The number of aryl methyl sites for hydroxylation is 1. The Kier molecular flexibility index (Phi) is 6.62. The first-order valence-corrected chi connectivity index (χ1v) is 12.0. The van der Waals surface area contributed by atoms with E-state index in [0.29, 0.717) is 24.5 Å². The molecule has 2 N–H and O–H groups in total. The lowest BCUT2D eigenvalue weighted by molar-refractivity contribution is -0.128. The molecular weight excluding hydrogens is 442 g/mol. The summed E-state index contributed by atoms with van der Waals surface area (Å²) in [6.07, 6.45) is 1.63. The molecule has 0 unspecified atom stereocenters. The summed E-state index contributed by atoms with van der Waals surface area (Å²) in [5.74, 6) is -0.271. The monoisotopic (exact) mass is 467 g/mol. The van der Waals surface area contributed by atoms with Crippen molar-refractivity contribution in [3.05, 3.63) is 83.8 Å². The third kappa shape index (κ3) is 5.68. The fourth-order valence-electron chi connectivity index (χ4n) is 3.64. The lowest BCUT2D eigenvalue weighted by Gasteiger charge is -2.17. The smallest absolute Gasteiger partial charge is 0.240 e. The van der Waals surface area contributed by atoms with Gasteiger partial charge in [0.05, 0.1) is 23.6 Å². The van der Waals surface area contributed by atoms with E-state index in [1.54, 1.807) is 17.0 Å². The lowest BCUT2D eigenvalue weighted by atomic mass is 10.1. The summed E-state index contributed by atoms with van der Waals surface area (Å²) in [5, 5.41) is 2.78. The maximum atomic E-state index is 12.7. The minimum atomic E-state index is -3.72. The maximum absolute atomic E-state index is 12.7. The zero-order valence-corrected chi connectivity index (χ0v) is 19.0. The summed E-state index contributed by atoms with van der Waals surface area (Å²) in [5.41, 5.74) is 2.64. The van der Waals surface area contributed by atoms with Crippen LogP contribution >= 0.6 is 0 Å². The van der Waals surface area contributed by atoms with E-state index in [1.165, 1.54) is 30.5 Å². The van der Waals surface area contributed by atoms with Crippen molar-refractivity contribution in [3.63, 3.8) is 0 Å². The maximum Gasteiger partial charge on any atom is 0.240 e. The highest BCUT2D eigenvalue weighted by molar-refractivity contribution is 7.89. The molecule has 3 aromatic rings. The summed E-state index contributed by atoms with van der Waals surface area (Å²) >= 11 is 0. The molecule has 1 aromatic heterocycles. The molecule has 1 saturated heterocycles. The van der Waals surface area contributed by atoms with Gasteiger partial charge < -0.3 is 14.6 Å². The highest BCUT2D eigenvalue weighted by atomic mass is 32.2. The van der Waals surface area contributed by atoms with Gasteiger partial charge in [0.2, 0.25) is 21.8 Å². The van der Waals surface area contributed by atoms with Crippen molar-refractivity contribution in [1.29, 1.82) is 0 Å². The fourth-order valence-corrected chi connectivity index (χ4v) is 4.63. The number of likely N-dealkylation sites (tertiary alicyclic amines) is 1. The molecule has 4 rings (SSSR count). The Morgan fingerprint density at radius 3 is 2.48 bits per heavy atom. The van der Waals surface area contributed by atoms with Crippen LogP contribution in [0.4, 0.5) is 5.69 Å². The Bertz CT molecular complexity index is 1220. The number of sulfonamides is 1. The number of furan rings is 1. The van der Waals surface area contributed by atoms with Crippen LogP contribution in [0, 0.1) is 12.8 Å². The molecule has 0 aliphatic carbocycles. The first-order chi connectivity index (χ1) is 15.8. The molecule has 2 heterocycles. The normalized spacial score (nSPS) is 16.2. The zero-order chi connectivity index (χ0) is 23.4. The van der Waals surface area contributed by atoms with Crippen molar-refractivity contribution < 1.29 is 22.4 Å². The number of amides is 2. The number of hydrogen-bond acceptors (Lipinski definition) is 5. The van der Waals surface area contributed by atoms with Gasteiger partial charge in [0.1, 0.15) is 5.76 Å². The van der Waals surface area contributed by atoms with Crippen LogP contribution in [-0.2, 0) is 32.7 Å². The second-order valence-electron chi connectivity index (χ2n) is 8.08. The SMILES string of the molecule is Cc1ccc(CN2C[C@H](C(=O)Nc3ccc(S(=O)(=O)NCc4ccco4)cc3)CC2=O)cc1. The van der Waals surface area contributed by atoms with Crippen molar-refractivity contribution >= 4 is 27.5 Å². The van der Waals surface area contributed by atoms with Gasteiger partial charge in [0, 0.05) is 25.2 Å². The van der Waals surface area contributed by atoms with Gasteiger partial charge in [-0.1, -0.05) is 29.8 Å². The second kappa shape index (κ2) is 9.60. The van der Waals surface area contributed by atoms with Crippen LogP contribution < -0.4 is 10.0 Å². The van der Waals surface area contributed by atoms with Gasteiger partial charge in [0.15, 0.2) is 0 Å². The number of carbonyl (C=O) groups is 2. The molecule has 9 heteroatoms. The Balaban J connectivity index is 1.32. The molecule has 1 atom stereocenters. The first-order valence-electron chi connectivity index (χ1n) is 10.6. The van der Waals surface area contributed by atoms with Crippen molar-refractivity contribution in [2.24, 2.45) is 5.92 Å². The van der Waals surface area contributed by atoms with Gasteiger partial charge in [-0.2, -0.15) is 0 Å². The summed E-state index contributed by atoms with van der Waals surface area (Å²) in [6.45, 7) is 2.87. The van der Waals surface area contributed by atoms with Crippen LogP contribution in [0.5, 0.6) is 0 Å².